The van der Waals surface area contributed by atoms with Crippen LogP contribution in [0.4, 0.5) is 5.00 Å². The third kappa shape index (κ3) is 2.65. The average Bonchev–Trinajstić information content (AvgIpc) is 3.17. The molecule has 1 aliphatic carbocycles. The Morgan fingerprint density at radius 2 is 2.22 bits per heavy atom. The summed E-state index contributed by atoms with van der Waals surface area (Å²) in [4.78, 5) is 21.6. The molecule has 1 aliphatic heterocycles. The van der Waals surface area contributed by atoms with Gasteiger partial charge >= 0.3 is 0 Å². The van der Waals surface area contributed by atoms with Crippen LogP contribution in [0.5, 0.6) is 0 Å². The predicted molar refractivity (Wildman–Crippen MR) is 96.9 cm³/mol. The van der Waals surface area contributed by atoms with E-state index in [0.717, 1.165) is 53.7 Å². The molecule has 0 unspecified atom stereocenters. The molecular formula is C17H19N3OS2. The fraction of sp³-hybridized carbons (Fsp3) is 0.412. The molecule has 1 amide bonds. The van der Waals surface area contributed by atoms with Crippen molar-refractivity contribution in [2.45, 2.75) is 39.8 Å². The van der Waals surface area contributed by atoms with E-state index in [-0.39, 0.29) is 5.91 Å². The lowest BCUT2D eigenvalue weighted by atomic mass is 10.1. The number of carbonyl (C=O) groups excluding carboxylic acids is 1. The van der Waals surface area contributed by atoms with Crippen molar-refractivity contribution in [1.82, 2.24) is 9.88 Å². The van der Waals surface area contributed by atoms with Crippen LogP contribution in [-0.4, -0.2) is 22.3 Å². The summed E-state index contributed by atoms with van der Waals surface area (Å²) in [5.74, 6) is -0.0141. The van der Waals surface area contributed by atoms with Crippen molar-refractivity contribution < 1.29 is 4.79 Å². The maximum atomic E-state index is 11.6. The number of anilines is 1. The van der Waals surface area contributed by atoms with Gasteiger partial charge in [-0.1, -0.05) is 13.0 Å². The second-order valence-corrected chi connectivity index (χ2v) is 8.15. The number of amides is 1. The summed E-state index contributed by atoms with van der Waals surface area (Å²) in [5, 5.41) is 5.05. The standard InChI is InChI=1S/C17H19N3OS2/c1-3-20-8-11-14(9-20)23-16(18-10(2)21)15(11)17-19-12-6-4-5-7-13(12)22-17/h4,6H,3,5,7-9H2,1-2H3,(H,18,21). The van der Waals surface area contributed by atoms with Crippen LogP contribution in [0, 0.1) is 0 Å². The van der Waals surface area contributed by atoms with Gasteiger partial charge in [0.2, 0.25) is 5.91 Å². The van der Waals surface area contributed by atoms with E-state index in [0.29, 0.717) is 0 Å². The minimum absolute atomic E-state index is 0.0141. The van der Waals surface area contributed by atoms with Gasteiger partial charge in [0.1, 0.15) is 10.0 Å². The van der Waals surface area contributed by atoms with Crippen molar-refractivity contribution >= 4 is 39.7 Å². The second kappa shape index (κ2) is 5.85. The van der Waals surface area contributed by atoms with Gasteiger partial charge in [0.05, 0.1) is 11.3 Å². The zero-order chi connectivity index (χ0) is 16.0. The molecule has 0 saturated carbocycles. The third-order valence-corrected chi connectivity index (χ3v) is 6.61. The fourth-order valence-electron chi connectivity index (χ4n) is 3.18. The average molecular weight is 345 g/mol. The molecule has 0 fully saturated rings. The van der Waals surface area contributed by atoms with Crippen molar-refractivity contribution in [1.29, 1.82) is 0 Å². The van der Waals surface area contributed by atoms with E-state index >= 15 is 0 Å². The largest absolute Gasteiger partial charge is 0.317 e. The summed E-state index contributed by atoms with van der Waals surface area (Å²) < 4.78 is 0. The van der Waals surface area contributed by atoms with Gasteiger partial charge in [-0.25, -0.2) is 4.98 Å². The number of hydrogen-bond donors (Lipinski definition) is 1. The number of rotatable bonds is 3. The number of thiazole rings is 1. The second-order valence-electron chi connectivity index (χ2n) is 5.96. The van der Waals surface area contributed by atoms with E-state index in [9.17, 15) is 4.79 Å². The summed E-state index contributed by atoms with van der Waals surface area (Å²) in [6, 6.07) is 0. The van der Waals surface area contributed by atoms with Crippen molar-refractivity contribution in [3.05, 3.63) is 27.1 Å². The van der Waals surface area contributed by atoms with Crippen LogP contribution in [0.25, 0.3) is 16.6 Å². The van der Waals surface area contributed by atoms with Gasteiger partial charge in [0.25, 0.3) is 0 Å². The number of hydrogen-bond acceptors (Lipinski definition) is 5. The van der Waals surface area contributed by atoms with Gasteiger partial charge in [-0.3, -0.25) is 9.69 Å². The summed E-state index contributed by atoms with van der Waals surface area (Å²) >= 11 is 3.50. The lowest BCUT2D eigenvalue weighted by Gasteiger charge is -2.12. The third-order valence-electron chi connectivity index (χ3n) is 4.33. The number of aromatic nitrogens is 1. The summed E-state index contributed by atoms with van der Waals surface area (Å²) in [5.41, 5.74) is 3.62. The summed E-state index contributed by atoms with van der Waals surface area (Å²) in [7, 11) is 0. The van der Waals surface area contributed by atoms with Gasteiger partial charge < -0.3 is 5.32 Å². The number of nitrogens with zero attached hydrogens (tertiary/aromatic N) is 2. The van der Waals surface area contributed by atoms with Crippen LogP contribution >= 0.6 is 22.7 Å². The molecule has 0 aromatic carbocycles. The van der Waals surface area contributed by atoms with E-state index < -0.39 is 0 Å². The first-order valence-electron chi connectivity index (χ1n) is 7.96. The SMILES string of the molecule is CCN1Cc2sc(NC(C)=O)c(-c3nc4c(s3)CCC=C4)c2C1. The Morgan fingerprint density at radius 3 is 2.96 bits per heavy atom. The Hall–Kier alpha value is -1.50. The molecule has 4 nitrogen and oxygen atoms in total. The highest BCUT2D eigenvalue weighted by Gasteiger charge is 2.29. The van der Waals surface area contributed by atoms with Gasteiger partial charge in [0.15, 0.2) is 0 Å². The number of fused-ring (bicyclic) bond motifs is 2. The first kappa shape index (κ1) is 15.1. The maximum absolute atomic E-state index is 11.6. The minimum atomic E-state index is -0.0141. The van der Waals surface area contributed by atoms with E-state index in [1.54, 1.807) is 29.6 Å². The van der Waals surface area contributed by atoms with Crippen molar-refractivity contribution in [2.75, 3.05) is 11.9 Å². The van der Waals surface area contributed by atoms with E-state index in [1.807, 2.05) is 0 Å². The lowest BCUT2D eigenvalue weighted by molar-refractivity contribution is -0.114. The number of aryl methyl sites for hydroxylation is 1. The Morgan fingerprint density at radius 1 is 1.35 bits per heavy atom. The topological polar surface area (TPSA) is 45.2 Å². The Labute approximate surface area is 143 Å². The first-order valence-corrected chi connectivity index (χ1v) is 9.60. The normalized spacial score (nSPS) is 16.4. The first-order chi connectivity index (χ1) is 11.2. The van der Waals surface area contributed by atoms with E-state index in [4.69, 9.17) is 4.98 Å². The van der Waals surface area contributed by atoms with Gasteiger partial charge in [-0.15, -0.1) is 22.7 Å². The molecule has 120 valence electrons. The van der Waals surface area contributed by atoms with E-state index in [2.05, 4.69) is 29.3 Å². The molecule has 0 atom stereocenters. The monoisotopic (exact) mass is 345 g/mol. The number of allylic oxidation sites excluding steroid dienone is 1. The predicted octanol–water partition coefficient (Wildman–Crippen LogP) is 4.12. The molecule has 0 spiro atoms. The molecule has 23 heavy (non-hydrogen) atoms. The smallest absolute Gasteiger partial charge is 0.221 e. The Bertz CT molecular complexity index is 803. The number of carbonyl (C=O) groups is 1. The molecule has 3 heterocycles. The molecule has 4 rings (SSSR count). The molecule has 2 aliphatic rings. The van der Waals surface area contributed by atoms with Gasteiger partial charge in [-0.2, -0.15) is 0 Å². The highest BCUT2D eigenvalue weighted by Crippen LogP contribution is 2.47. The molecule has 2 aromatic heterocycles. The molecule has 6 heteroatoms. The molecule has 0 saturated heterocycles. The van der Waals surface area contributed by atoms with Crippen LogP contribution in [0.3, 0.4) is 0 Å². The molecule has 2 aromatic rings. The molecule has 0 radical (unpaired) electrons. The summed E-state index contributed by atoms with van der Waals surface area (Å²) in [6.07, 6.45) is 6.49. The number of thiophene rings is 1. The molecular weight excluding hydrogens is 326 g/mol. The number of nitrogens with one attached hydrogen (secondary N) is 1. The lowest BCUT2D eigenvalue weighted by Crippen LogP contribution is -2.15. The zero-order valence-corrected chi connectivity index (χ0v) is 14.9. The van der Waals surface area contributed by atoms with Crippen molar-refractivity contribution in [3.63, 3.8) is 0 Å². The zero-order valence-electron chi connectivity index (χ0n) is 13.3. The van der Waals surface area contributed by atoms with Crippen LogP contribution in [-0.2, 0) is 24.3 Å². The van der Waals surface area contributed by atoms with Crippen LogP contribution in [0.1, 0.15) is 41.3 Å². The van der Waals surface area contributed by atoms with Crippen molar-refractivity contribution in [2.24, 2.45) is 0 Å². The molecule has 1 N–H and O–H groups in total. The minimum Gasteiger partial charge on any atom is -0.317 e. The van der Waals surface area contributed by atoms with Crippen molar-refractivity contribution in [3.8, 4) is 10.6 Å². The van der Waals surface area contributed by atoms with Crippen LogP contribution in [0.15, 0.2) is 6.08 Å². The summed E-state index contributed by atoms with van der Waals surface area (Å²) in [6.45, 7) is 6.75. The Kier molecular flexibility index (Phi) is 3.83. The van der Waals surface area contributed by atoms with Crippen LogP contribution < -0.4 is 5.32 Å². The molecule has 0 bridgehead atoms. The quantitative estimate of drug-likeness (QED) is 0.910. The highest BCUT2D eigenvalue weighted by molar-refractivity contribution is 7.19. The van der Waals surface area contributed by atoms with Gasteiger partial charge in [0, 0.05) is 29.8 Å². The maximum Gasteiger partial charge on any atom is 0.221 e. The van der Waals surface area contributed by atoms with E-state index in [1.165, 1.54) is 15.3 Å². The van der Waals surface area contributed by atoms with Crippen LogP contribution in [0.2, 0.25) is 0 Å². The Balaban J connectivity index is 1.81. The highest BCUT2D eigenvalue weighted by atomic mass is 32.1. The fourth-order valence-corrected chi connectivity index (χ4v) is 5.68. The van der Waals surface area contributed by atoms with Gasteiger partial charge in [-0.05, 0) is 31.0 Å².